The smallest absolute Gasteiger partial charge is 0.234 e. The molecule has 0 aliphatic heterocycles. The number of likely N-dealkylation sites (N-methyl/N-ethyl adjacent to an activating group) is 2. The molecule has 5 nitrogen and oxygen atoms in total. The molecule has 0 saturated carbocycles. The summed E-state index contributed by atoms with van der Waals surface area (Å²) in [5.41, 5.74) is 5.30. The zero-order chi connectivity index (χ0) is 12.6. The van der Waals surface area contributed by atoms with Crippen molar-refractivity contribution in [1.29, 1.82) is 0 Å². The third kappa shape index (κ3) is 6.05. The van der Waals surface area contributed by atoms with E-state index in [9.17, 15) is 4.79 Å². The van der Waals surface area contributed by atoms with Gasteiger partial charge in [0.25, 0.3) is 0 Å². The van der Waals surface area contributed by atoms with E-state index in [1.54, 1.807) is 7.11 Å². The molecule has 0 rings (SSSR count). The molecule has 0 aromatic rings. The average Bonchev–Trinajstić information content (AvgIpc) is 2.23. The standard InChI is InChI=1S/C11H25N3O2/c1-5-13-10(11(12)15)6-7-14(3)9(2)8-16-4/h9-10,13H,5-8H2,1-4H3,(H2,12,15). The molecule has 5 heteroatoms. The quantitative estimate of drug-likeness (QED) is 0.577. The highest BCUT2D eigenvalue weighted by molar-refractivity contribution is 5.79. The van der Waals surface area contributed by atoms with Crippen LogP contribution in [0.5, 0.6) is 0 Å². The van der Waals surface area contributed by atoms with Gasteiger partial charge in [0.1, 0.15) is 0 Å². The molecule has 0 aromatic heterocycles. The van der Waals surface area contributed by atoms with Gasteiger partial charge in [-0.3, -0.25) is 4.79 Å². The molecule has 0 bridgehead atoms. The van der Waals surface area contributed by atoms with Gasteiger partial charge in [0.05, 0.1) is 12.6 Å². The van der Waals surface area contributed by atoms with Gasteiger partial charge in [-0.2, -0.15) is 0 Å². The summed E-state index contributed by atoms with van der Waals surface area (Å²) in [7, 11) is 3.71. The van der Waals surface area contributed by atoms with E-state index >= 15 is 0 Å². The molecule has 1 amide bonds. The molecular weight excluding hydrogens is 206 g/mol. The number of methoxy groups -OCH3 is 1. The Hall–Kier alpha value is -0.650. The Balaban J connectivity index is 3.94. The Morgan fingerprint density at radius 1 is 1.56 bits per heavy atom. The van der Waals surface area contributed by atoms with Gasteiger partial charge in [-0.1, -0.05) is 6.92 Å². The number of carbonyl (C=O) groups is 1. The molecule has 2 atom stereocenters. The van der Waals surface area contributed by atoms with E-state index in [4.69, 9.17) is 10.5 Å². The van der Waals surface area contributed by atoms with Gasteiger partial charge in [-0.15, -0.1) is 0 Å². The maximum Gasteiger partial charge on any atom is 0.234 e. The number of carbonyl (C=O) groups excluding carboxylic acids is 1. The van der Waals surface area contributed by atoms with E-state index in [-0.39, 0.29) is 11.9 Å². The van der Waals surface area contributed by atoms with E-state index in [0.717, 1.165) is 19.5 Å². The van der Waals surface area contributed by atoms with Crippen LogP contribution in [0.25, 0.3) is 0 Å². The van der Waals surface area contributed by atoms with E-state index in [0.29, 0.717) is 12.6 Å². The first-order chi connectivity index (χ1) is 7.52. The molecule has 3 N–H and O–H groups in total. The summed E-state index contributed by atoms with van der Waals surface area (Å²) in [6, 6.07) is 0.113. The summed E-state index contributed by atoms with van der Waals surface area (Å²) in [5.74, 6) is -0.283. The zero-order valence-electron chi connectivity index (χ0n) is 10.8. The molecule has 16 heavy (non-hydrogen) atoms. The van der Waals surface area contributed by atoms with Gasteiger partial charge < -0.3 is 20.7 Å². The van der Waals surface area contributed by atoms with Gasteiger partial charge in [-0.05, 0) is 26.9 Å². The molecule has 0 aliphatic carbocycles. The fourth-order valence-electron chi connectivity index (χ4n) is 1.51. The lowest BCUT2D eigenvalue weighted by atomic mass is 10.1. The SMILES string of the molecule is CCNC(CCN(C)C(C)COC)C(N)=O. The summed E-state index contributed by atoms with van der Waals surface area (Å²) in [6.45, 7) is 6.33. The monoisotopic (exact) mass is 231 g/mol. The largest absolute Gasteiger partial charge is 0.383 e. The van der Waals surface area contributed by atoms with Gasteiger partial charge in [-0.25, -0.2) is 0 Å². The number of ether oxygens (including phenoxy) is 1. The van der Waals surface area contributed by atoms with Crippen LogP contribution >= 0.6 is 0 Å². The second-order valence-corrected chi connectivity index (χ2v) is 4.09. The highest BCUT2D eigenvalue weighted by Crippen LogP contribution is 2.00. The van der Waals surface area contributed by atoms with Crippen LogP contribution in [0.1, 0.15) is 20.3 Å². The third-order valence-corrected chi connectivity index (χ3v) is 2.72. The fourth-order valence-corrected chi connectivity index (χ4v) is 1.51. The van der Waals surface area contributed by atoms with Crippen LogP contribution in [-0.2, 0) is 9.53 Å². The summed E-state index contributed by atoms with van der Waals surface area (Å²) >= 11 is 0. The second kappa shape index (κ2) is 8.50. The maximum atomic E-state index is 11.1. The van der Waals surface area contributed by atoms with Crippen LogP contribution in [0.2, 0.25) is 0 Å². The van der Waals surface area contributed by atoms with Crippen LogP contribution in [0.3, 0.4) is 0 Å². The Morgan fingerprint density at radius 3 is 2.62 bits per heavy atom. The van der Waals surface area contributed by atoms with Crippen molar-refractivity contribution in [2.75, 3.05) is 33.9 Å². The van der Waals surface area contributed by atoms with Crippen LogP contribution in [0.4, 0.5) is 0 Å². The van der Waals surface area contributed by atoms with Gasteiger partial charge in [0.15, 0.2) is 0 Å². The average molecular weight is 231 g/mol. The Kier molecular flexibility index (Phi) is 8.15. The first-order valence-electron chi connectivity index (χ1n) is 5.74. The molecule has 2 unspecified atom stereocenters. The Bertz CT molecular complexity index is 200. The highest BCUT2D eigenvalue weighted by atomic mass is 16.5. The number of amides is 1. The van der Waals surface area contributed by atoms with Crippen molar-refractivity contribution in [3.05, 3.63) is 0 Å². The molecule has 0 heterocycles. The third-order valence-electron chi connectivity index (χ3n) is 2.72. The number of hydrogen-bond donors (Lipinski definition) is 2. The molecule has 0 radical (unpaired) electrons. The van der Waals surface area contributed by atoms with E-state index in [1.807, 2.05) is 14.0 Å². The lowest BCUT2D eigenvalue weighted by Gasteiger charge is -2.25. The van der Waals surface area contributed by atoms with E-state index in [1.165, 1.54) is 0 Å². The minimum Gasteiger partial charge on any atom is -0.383 e. The molecule has 0 fully saturated rings. The number of primary amides is 1. The van der Waals surface area contributed by atoms with Crippen molar-refractivity contribution >= 4 is 5.91 Å². The number of nitrogens with zero attached hydrogens (tertiary/aromatic N) is 1. The summed E-state index contributed by atoms with van der Waals surface area (Å²) in [4.78, 5) is 13.3. The van der Waals surface area contributed by atoms with Gasteiger partial charge in [0.2, 0.25) is 5.91 Å². The van der Waals surface area contributed by atoms with Crippen molar-refractivity contribution < 1.29 is 9.53 Å². The lowest BCUT2D eigenvalue weighted by Crippen LogP contribution is -2.44. The van der Waals surface area contributed by atoms with Crippen molar-refractivity contribution in [2.24, 2.45) is 5.73 Å². The van der Waals surface area contributed by atoms with Crippen molar-refractivity contribution in [1.82, 2.24) is 10.2 Å². The second-order valence-electron chi connectivity index (χ2n) is 4.09. The predicted molar refractivity (Wildman–Crippen MR) is 65.2 cm³/mol. The summed E-state index contributed by atoms with van der Waals surface area (Å²) in [6.07, 6.45) is 0.730. The first kappa shape index (κ1) is 15.3. The number of rotatable bonds is 9. The summed E-state index contributed by atoms with van der Waals surface area (Å²) in [5, 5.41) is 3.08. The molecular formula is C11H25N3O2. The topological polar surface area (TPSA) is 67.6 Å². The highest BCUT2D eigenvalue weighted by Gasteiger charge is 2.16. The Morgan fingerprint density at radius 2 is 2.19 bits per heavy atom. The molecule has 0 spiro atoms. The van der Waals surface area contributed by atoms with Crippen LogP contribution < -0.4 is 11.1 Å². The predicted octanol–water partition coefficient (Wildman–Crippen LogP) is -0.193. The van der Waals surface area contributed by atoms with Crippen LogP contribution in [0, 0.1) is 0 Å². The van der Waals surface area contributed by atoms with Crippen LogP contribution in [0.15, 0.2) is 0 Å². The fraction of sp³-hybridized carbons (Fsp3) is 0.909. The van der Waals surface area contributed by atoms with Crippen molar-refractivity contribution in [3.8, 4) is 0 Å². The van der Waals surface area contributed by atoms with E-state index in [2.05, 4.69) is 17.1 Å². The van der Waals surface area contributed by atoms with Crippen molar-refractivity contribution in [2.45, 2.75) is 32.4 Å². The molecule has 0 aromatic carbocycles. The van der Waals surface area contributed by atoms with Gasteiger partial charge >= 0.3 is 0 Å². The molecule has 96 valence electrons. The zero-order valence-corrected chi connectivity index (χ0v) is 10.8. The summed E-state index contributed by atoms with van der Waals surface area (Å²) < 4.78 is 5.08. The van der Waals surface area contributed by atoms with Crippen LogP contribution in [-0.4, -0.2) is 56.7 Å². The first-order valence-corrected chi connectivity index (χ1v) is 5.74. The van der Waals surface area contributed by atoms with E-state index < -0.39 is 0 Å². The molecule has 0 saturated heterocycles. The lowest BCUT2D eigenvalue weighted by molar-refractivity contribution is -0.120. The van der Waals surface area contributed by atoms with Gasteiger partial charge in [0, 0.05) is 19.7 Å². The number of hydrogen-bond acceptors (Lipinski definition) is 4. The maximum absolute atomic E-state index is 11.1. The minimum atomic E-state index is -0.283. The Labute approximate surface area is 98.3 Å². The number of nitrogens with two attached hydrogens (primary N) is 1. The minimum absolute atomic E-state index is 0.234. The number of nitrogens with one attached hydrogen (secondary N) is 1. The molecule has 0 aliphatic rings. The van der Waals surface area contributed by atoms with Crippen molar-refractivity contribution in [3.63, 3.8) is 0 Å². The normalized spacial score (nSPS) is 15.1.